The Kier molecular flexibility index (Phi) is 7.48. The molecule has 0 radical (unpaired) electrons. The average Bonchev–Trinajstić information content (AvgIpc) is 3.09. The lowest BCUT2D eigenvalue weighted by Gasteiger charge is -2.06. The number of esters is 1. The fourth-order valence-electron chi connectivity index (χ4n) is 3.15. The van der Waals surface area contributed by atoms with Gasteiger partial charge in [-0.3, -0.25) is 0 Å². The van der Waals surface area contributed by atoms with Crippen molar-refractivity contribution in [2.24, 2.45) is 0 Å². The van der Waals surface area contributed by atoms with Crippen LogP contribution < -0.4 is 4.74 Å². The van der Waals surface area contributed by atoms with Gasteiger partial charge in [0.15, 0.2) is 0 Å². The molecule has 0 unspecified atom stereocenters. The highest BCUT2D eigenvalue weighted by atomic mass is 16.5. The first kappa shape index (κ1) is 19.9. The Morgan fingerprint density at radius 3 is 2.36 bits per heavy atom. The molecule has 146 valence electrons. The summed E-state index contributed by atoms with van der Waals surface area (Å²) in [4.78, 5) is 12.1. The van der Waals surface area contributed by atoms with Gasteiger partial charge in [-0.1, -0.05) is 81.5 Å². The van der Waals surface area contributed by atoms with Gasteiger partial charge >= 0.3 is 5.97 Å². The lowest BCUT2D eigenvalue weighted by Crippen LogP contribution is -1.98. The van der Waals surface area contributed by atoms with Gasteiger partial charge in [0.2, 0.25) is 0 Å². The second-order valence-electron chi connectivity index (χ2n) is 7.05. The zero-order valence-corrected chi connectivity index (χ0v) is 16.5. The molecule has 0 spiro atoms. The van der Waals surface area contributed by atoms with Crippen LogP contribution in [0.5, 0.6) is 5.75 Å². The first-order valence-corrected chi connectivity index (χ1v) is 10.2. The van der Waals surface area contributed by atoms with Crippen molar-refractivity contribution >= 4 is 17.8 Å². The van der Waals surface area contributed by atoms with Crippen LogP contribution in [0.2, 0.25) is 0 Å². The Morgan fingerprint density at radius 2 is 1.61 bits per heavy atom. The quantitative estimate of drug-likeness (QED) is 0.273. The van der Waals surface area contributed by atoms with E-state index in [4.69, 9.17) is 9.47 Å². The van der Waals surface area contributed by atoms with E-state index < -0.39 is 0 Å². The molecule has 3 nitrogen and oxygen atoms in total. The predicted octanol–water partition coefficient (Wildman–Crippen LogP) is 6.41. The molecule has 2 aromatic rings. The maximum atomic E-state index is 12.1. The molecule has 0 aromatic heterocycles. The van der Waals surface area contributed by atoms with Gasteiger partial charge in [0, 0.05) is 5.56 Å². The van der Waals surface area contributed by atoms with Gasteiger partial charge in [0.05, 0.1) is 12.2 Å². The molecule has 1 aliphatic heterocycles. The Labute approximate surface area is 167 Å². The topological polar surface area (TPSA) is 35.5 Å². The van der Waals surface area contributed by atoms with Crippen molar-refractivity contribution in [2.45, 2.75) is 45.4 Å². The van der Waals surface area contributed by atoms with Crippen molar-refractivity contribution in [1.82, 2.24) is 0 Å². The number of hydrogen-bond donors (Lipinski definition) is 0. The standard InChI is InChI=1S/C25H28O3/c1-2-3-4-5-6-10-17-27-23-15-13-20(14-16-23)18-22-19-24(28-25(22)26)21-11-8-7-9-12-21/h7-9,11-16,18-19H,2-6,10,17H2,1H3. The molecule has 0 atom stereocenters. The summed E-state index contributed by atoms with van der Waals surface area (Å²) in [5, 5.41) is 0. The molecule has 2 aromatic carbocycles. The third kappa shape index (κ3) is 5.85. The van der Waals surface area contributed by atoms with E-state index >= 15 is 0 Å². The largest absolute Gasteiger partial charge is 0.494 e. The summed E-state index contributed by atoms with van der Waals surface area (Å²) in [7, 11) is 0. The third-order valence-electron chi connectivity index (χ3n) is 4.75. The van der Waals surface area contributed by atoms with Gasteiger partial charge in [-0.2, -0.15) is 0 Å². The molecule has 0 saturated carbocycles. The van der Waals surface area contributed by atoms with E-state index in [2.05, 4.69) is 6.92 Å². The SMILES string of the molecule is CCCCCCCCOc1ccc(C=C2C=C(c3ccccc3)OC2=O)cc1. The molecule has 0 fully saturated rings. The second kappa shape index (κ2) is 10.5. The van der Waals surface area contributed by atoms with Crippen molar-refractivity contribution in [1.29, 1.82) is 0 Å². The van der Waals surface area contributed by atoms with E-state index in [0.717, 1.165) is 29.9 Å². The summed E-state index contributed by atoms with van der Waals surface area (Å²) in [5.41, 5.74) is 2.40. The molecular weight excluding hydrogens is 348 g/mol. The van der Waals surface area contributed by atoms with Crippen LogP contribution in [-0.4, -0.2) is 12.6 Å². The van der Waals surface area contributed by atoms with Crippen LogP contribution in [0.1, 0.15) is 56.6 Å². The minimum Gasteiger partial charge on any atom is -0.494 e. The maximum Gasteiger partial charge on any atom is 0.343 e. The van der Waals surface area contributed by atoms with E-state index in [0.29, 0.717) is 11.3 Å². The number of rotatable bonds is 10. The van der Waals surface area contributed by atoms with E-state index in [1.165, 1.54) is 32.1 Å². The average molecular weight is 376 g/mol. The molecule has 3 rings (SSSR count). The summed E-state index contributed by atoms with van der Waals surface area (Å²) in [6, 6.07) is 17.5. The van der Waals surface area contributed by atoms with Crippen molar-refractivity contribution < 1.29 is 14.3 Å². The van der Waals surface area contributed by atoms with Crippen molar-refractivity contribution in [3.63, 3.8) is 0 Å². The first-order valence-electron chi connectivity index (χ1n) is 10.2. The van der Waals surface area contributed by atoms with E-state index in [1.807, 2.05) is 60.7 Å². The summed E-state index contributed by atoms with van der Waals surface area (Å²) in [6.45, 7) is 2.99. The number of cyclic esters (lactones) is 1. The highest BCUT2D eigenvalue weighted by Crippen LogP contribution is 2.27. The van der Waals surface area contributed by atoms with E-state index in [1.54, 1.807) is 6.08 Å². The molecule has 0 amide bonds. The van der Waals surface area contributed by atoms with Gasteiger partial charge in [-0.05, 0) is 36.3 Å². The minimum absolute atomic E-state index is 0.317. The molecule has 0 saturated heterocycles. The summed E-state index contributed by atoms with van der Waals surface area (Å²) < 4.78 is 11.2. The Balaban J connectivity index is 1.52. The minimum atomic E-state index is -0.317. The molecule has 3 heteroatoms. The summed E-state index contributed by atoms with van der Waals surface area (Å²) >= 11 is 0. The first-order chi connectivity index (χ1) is 13.8. The number of ether oxygens (including phenoxy) is 2. The lowest BCUT2D eigenvalue weighted by molar-refractivity contribution is -0.130. The molecule has 0 N–H and O–H groups in total. The van der Waals surface area contributed by atoms with Gasteiger partial charge < -0.3 is 9.47 Å². The third-order valence-corrected chi connectivity index (χ3v) is 4.75. The van der Waals surface area contributed by atoms with Crippen LogP contribution in [0, 0.1) is 0 Å². The van der Waals surface area contributed by atoms with Gasteiger partial charge in [0.25, 0.3) is 0 Å². The van der Waals surface area contributed by atoms with Gasteiger partial charge in [0.1, 0.15) is 11.5 Å². The smallest absolute Gasteiger partial charge is 0.343 e. The molecule has 1 heterocycles. The van der Waals surface area contributed by atoms with E-state index in [9.17, 15) is 4.79 Å². The van der Waals surface area contributed by atoms with Crippen LogP contribution in [0.3, 0.4) is 0 Å². The number of unbranched alkanes of at least 4 members (excludes halogenated alkanes) is 5. The molecular formula is C25H28O3. The zero-order valence-electron chi connectivity index (χ0n) is 16.5. The van der Waals surface area contributed by atoms with Crippen LogP contribution in [0.4, 0.5) is 0 Å². The monoisotopic (exact) mass is 376 g/mol. The lowest BCUT2D eigenvalue weighted by atomic mass is 10.1. The highest BCUT2D eigenvalue weighted by Gasteiger charge is 2.21. The van der Waals surface area contributed by atoms with Gasteiger partial charge in [-0.15, -0.1) is 0 Å². The van der Waals surface area contributed by atoms with Crippen molar-refractivity contribution in [3.8, 4) is 5.75 Å². The summed E-state index contributed by atoms with van der Waals surface area (Å²) in [5.74, 6) is 1.14. The van der Waals surface area contributed by atoms with Crippen LogP contribution in [-0.2, 0) is 9.53 Å². The fraction of sp³-hybridized carbons (Fsp3) is 0.320. The number of benzene rings is 2. The van der Waals surface area contributed by atoms with Crippen molar-refractivity contribution in [2.75, 3.05) is 6.61 Å². The molecule has 0 aliphatic carbocycles. The Bertz CT molecular complexity index is 817. The molecule has 0 bridgehead atoms. The number of carbonyl (C=O) groups is 1. The van der Waals surface area contributed by atoms with E-state index in [-0.39, 0.29) is 5.97 Å². The molecule has 28 heavy (non-hydrogen) atoms. The highest BCUT2D eigenvalue weighted by molar-refractivity contribution is 6.05. The number of hydrogen-bond acceptors (Lipinski definition) is 3. The summed E-state index contributed by atoms with van der Waals surface area (Å²) in [6.07, 6.45) is 11.2. The number of carbonyl (C=O) groups excluding carboxylic acids is 1. The Hall–Kier alpha value is -2.81. The second-order valence-corrected chi connectivity index (χ2v) is 7.05. The molecule has 1 aliphatic rings. The Morgan fingerprint density at radius 1 is 0.893 bits per heavy atom. The predicted molar refractivity (Wildman–Crippen MR) is 114 cm³/mol. The van der Waals surface area contributed by atoms with Crippen LogP contribution in [0.25, 0.3) is 11.8 Å². The maximum absolute atomic E-state index is 12.1. The normalized spacial score (nSPS) is 14.8. The van der Waals surface area contributed by atoms with Gasteiger partial charge in [-0.25, -0.2) is 4.79 Å². The fourth-order valence-corrected chi connectivity index (χ4v) is 3.15. The van der Waals surface area contributed by atoms with Crippen molar-refractivity contribution in [3.05, 3.63) is 77.4 Å². The van der Waals surface area contributed by atoms with Crippen LogP contribution >= 0.6 is 0 Å². The zero-order chi connectivity index (χ0) is 19.6. The van der Waals surface area contributed by atoms with Crippen LogP contribution in [0.15, 0.2) is 66.2 Å².